The lowest BCUT2D eigenvalue weighted by Gasteiger charge is -2.32. The van der Waals surface area contributed by atoms with Crippen molar-refractivity contribution in [2.75, 3.05) is 13.1 Å². The van der Waals surface area contributed by atoms with Crippen molar-refractivity contribution >= 4 is 23.3 Å². The molecule has 136 valence electrons. The second kappa shape index (κ2) is 7.63. The number of aryl methyl sites for hydroxylation is 3. The molecule has 3 nitrogen and oxygen atoms in total. The van der Waals surface area contributed by atoms with Gasteiger partial charge in [-0.05, 0) is 69.0 Å². The molecule has 1 amide bonds. The highest BCUT2D eigenvalue weighted by molar-refractivity contribution is 6.30. The van der Waals surface area contributed by atoms with E-state index in [4.69, 9.17) is 11.6 Å². The Hall–Kier alpha value is -2.13. The van der Waals surface area contributed by atoms with Gasteiger partial charge in [0.25, 0.3) is 5.91 Å². The molecule has 26 heavy (non-hydrogen) atoms. The number of ketones is 1. The van der Waals surface area contributed by atoms with Crippen LogP contribution < -0.4 is 0 Å². The van der Waals surface area contributed by atoms with Gasteiger partial charge in [-0.2, -0.15) is 0 Å². The fourth-order valence-corrected chi connectivity index (χ4v) is 4.02. The van der Waals surface area contributed by atoms with E-state index < -0.39 is 0 Å². The summed E-state index contributed by atoms with van der Waals surface area (Å²) in [4.78, 5) is 27.5. The number of likely N-dealkylation sites (tertiary alicyclic amines) is 1. The minimum Gasteiger partial charge on any atom is -0.339 e. The van der Waals surface area contributed by atoms with E-state index in [1.807, 2.05) is 18.7 Å². The Bertz CT molecular complexity index is 811. The molecule has 1 saturated heterocycles. The monoisotopic (exact) mass is 369 g/mol. The number of amides is 1. The van der Waals surface area contributed by atoms with Crippen LogP contribution in [0.5, 0.6) is 0 Å². The van der Waals surface area contributed by atoms with Crippen LogP contribution in [0, 0.1) is 26.7 Å². The zero-order chi connectivity index (χ0) is 18.8. The van der Waals surface area contributed by atoms with Crippen molar-refractivity contribution in [2.45, 2.75) is 33.6 Å². The Kier molecular flexibility index (Phi) is 5.47. The maximum absolute atomic E-state index is 13.0. The normalized spacial score (nSPS) is 15.2. The molecule has 1 aliphatic rings. The fourth-order valence-electron chi connectivity index (χ4n) is 3.89. The molecule has 0 unspecified atom stereocenters. The standard InChI is InChI=1S/C22H24ClNO2/c1-14-12-15(2)20(16(3)13-14)21(25)17-8-10-24(11-9-17)22(26)18-4-6-19(23)7-5-18/h4-7,12-13,17H,8-11H2,1-3H3. The molecule has 1 fully saturated rings. The summed E-state index contributed by atoms with van der Waals surface area (Å²) < 4.78 is 0. The van der Waals surface area contributed by atoms with Crippen LogP contribution in [-0.2, 0) is 0 Å². The molecule has 2 aromatic carbocycles. The molecule has 0 spiro atoms. The molecular weight excluding hydrogens is 346 g/mol. The third kappa shape index (κ3) is 3.83. The van der Waals surface area contributed by atoms with Crippen molar-refractivity contribution in [1.29, 1.82) is 0 Å². The average molecular weight is 370 g/mol. The van der Waals surface area contributed by atoms with Crippen LogP contribution in [0.2, 0.25) is 5.02 Å². The number of carbonyl (C=O) groups is 2. The lowest BCUT2D eigenvalue weighted by Crippen LogP contribution is -2.40. The first-order valence-electron chi connectivity index (χ1n) is 9.03. The van der Waals surface area contributed by atoms with Crippen LogP contribution in [-0.4, -0.2) is 29.7 Å². The first-order chi connectivity index (χ1) is 12.4. The summed E-state index contributed by atoms with van der Waals surface area (Å²) >= 11 is 5.89. The van der Waals surface area contributed by atoms with Gasteiger partial charge in [0.15, 0.2) is 5.78 Å². The lowest BCUT2D eigenvalue weighted by molar-refractivity contribution is 0.0650. The molecule has 1 aliphatic heterocycles. The number of halogens is 1. The minimum absolute atomic E-state index is 0.00950. The average Bonchev–Trinajstić information content (AvgIpc) is 2.61. The number of benzene rings is 2. The molecule has 0 aromatic heterocycles. The van der Waals surface area contributed by atoms with Crippen molar-refractivity contribution in [1.82, 2.24) is 4.90 Å². The predicted molar refractivity (Wildman–Crippen MR) is 105 cm³/mol. The zero-order valence-electron chi connectivity index (χ0n) is 15.5. The summed E-state index contributed by atoms with van der Waals surface area (Å²) in [5, 5.41) is 0.620. The van der Waals surface area contributed by atoms with Gasteiger partial charge in [-0.3, -0.25) is 9.59 Å². The number of carbonyl (C=O) groups excluding carboxylic acids is 2. The lowest BCUT2D eigenvalue weighted by atomic mass is 9.85. The number of hydrogen-bond acceptors (Lipinski definition) is 2. The number of nitrogens with zero attached hydrogens (tertiary/aromatic N) is 1. The van der Waals surface area contributed by atoms with E-state index in [1.54, 1.807) is 24.3 Å². The Labute approximate surface area is 160 Å². The molecular formula is C22H24ClNO2. The van der Waals surface area contributed by atoms with E-state index in [0.717, 1.165) is 16.7 Å². The van der Waals surface area contributed by atoms with Gasteiger partial charge in [-0.25, -0.2) is 0 Å². The molecule has 1 heterocycles. The molecule has 0 saturated carbocycles. The molecule has 4 heteroatoms. The largest absolute Gasteiger partial charge is 0.339 e. The zero-order valence-corrected chi connectivity index (χ0v) is 16.3. The predicted octanol–water partition coefficient (Wildman–Crippen LogP) is 5.00. The summed E-state index contributed by atoms with van der Waals surface area (Å²) in [7, 11) is 0. The summed E-state index contributed by atoms with van der Waals surface area (Å²) in [5.41, 5.74) is 4.78. The van der Waals surface area contributed by atoms with Gasteiger partial charge in [-0.15, -0.1) is 0 Å². The van der Waals surface area contributed by atoms with Gasteiger partial charge >= 0.3 is 0 Å². The van der Waals surface area contributed by atoms with Crippen LogP contribution in [0.3, 0.4) is 0 Å². The molecule has 2 aromatic rings. The third-order valence-electron chi connectivity index (χ3n) is 5.17. The van der Waals surface area contributed by atoms with Gasteiger partial charge in [0.2, 0.25) is 0 Å². The molecule has 0 atom stereocenters. The van der Waals surface area contributed by atoms with E-state index in [9.17, 15) is 9.59 Å². The van der Waals surface area contributed by atoms with Crippen molar-refractivity contribution in [2.24, 2.45) is 5.92 Å². The van der Waals surface area contributed by atoms with E-state index in [0.29, 0.717) is 36.5 Å². The van der Waals surface area contributed by atoms with E-state index in [1.165, 1.54) is 5.56 Å². The van der Waals surface area contributed by atoms with Crippen LogP contribution >= 0.6 is 11.6 Å². The molecule has 0 aliphatic carbocycles. The third-order valence-corrected chi connectivity index (χ3v) is 5.42. The van der Waals surface area contributed by atoms with Crippen molar-refractivity contribution < 1.29 is 9.59 Å². The van der Waals surface area contributed by atoms with Crippen LogP contribution in [0.1, 0.15) is 50.2 Å². The maximum atomic E-state index is 13.0. The smallest absolute Gasteiger partial charge is 0.253 e. The van der Waals surface area contributed by atoms with Gasteiger partial charge in [0.1, 0.15) is 0 Å². The van der Waals surface area contributed by atoms with Crippen LogP contribution in [0.25, 0.3) is 0 Å². The summed E-state index contributed by atoms with van der Waals surface area (Å²) in [6, 6.07) is 11.1. The van der Waals surface area contributed by atoms with Crippen molar-refractivity contribution in [3.63, 3.8) is 0 Å². The maximum Gasteiger partial charge on any atom is 0.253 e. The molecule has 3 rings (SSSR count). The van der Waals surface area contributed by atoms with Gasteiger partial charge in [0.05, 0.1) is 0 Å². The molecule has 0 N–H and O–H groups in total. The first-order valence-corrected chi connectivity index (χ1v) is 9.41. The van der Waals surface area contributed by atoms with Crippen molar-refractivity contribution in [3.05, 3.63) is 69.2 Å². The Morgan fingerprint density at radius 2 is 1.50 bits per heavy atom. The second-order valence-corrected chi connectivity index (χ2v) is 7.65. The topological polar surface area (TPSA) is 37.4 Å². The molecule has 0 radical (unpaired) electrons. The summed E-state index contributed by atoms with van der Waals surface area (Å²) in [6.07, 6.45) is 1.43. The quantitative estimate of drug-likeness (QED) is 0.714. The van der Waals surface area contributed by atoms with E-state index >= 15 is 0 Å². The van der Waals surface area contributed by atoms with E-state index in [2.05, 4.69) is 19.1 Å². The SMILES string of the molecule is Cc1cc(C)c(C(=O)C2CCN(C(=O)c3ccc(Cl)cc3)CC2)c(C)c1. The highest BCUT2D eigenvalue weighted by atomic mass is 35.5. The summed E-state index contributed by atoms with van der Waals surface area (Å²) in [5.74, 6) is 0.221. The second-order valence-electron chi connectivity index (χ2n) is 7.21. The van der Waals surface area contributed by atoms with E-state index in [-0.39, 0.29) is 17.6 Å². The number of piperidine rings is 1. The molecule has 0 bridgehead atoms. The van der Waals surface area contributed by atoms with Gasteiger partial charge in [0, 0.05) is 35.2 Å². The van der Waals surface area contributed by atoms with Crippen LogP contribution in [0.4, 0.5) is 0 Å². The Balaban J connectivity index is 1.68. The fraction of sp³-hybridized carbons (Fsp3) is 0.364. The number of rotatable bonds is 3. The highest BCUT2D eigenvalue weighted by Crippen LogP contribution is 2.27. The Morgan fingerprint density at radius 3 is 2.04 bits per heavy atom. The van der Waals surface area contributed by atoms with Crippen LogP contribution in [0.15, 0.2) is 36.4 Å². The summed E-state index contributed by atoms with van der Waals surface area (Å²) in [6.45, 7) is 7.29. The van der Waals surface area contributed by atoms with Gasteiger partial charge < -0.3 is 4.90 Å². The highest BCUT2D eigenvalue weighted by Gasteiger charge is 2.29. The van der Waals surface area contributed by atoms with Gasteiger partial charge in [-0.1, -0.05) is 29.3 Å². The minimum atomic E-state index is -0.00984. The van der Waals surface area contributed by atoms with Crippen molar-refractivity contribution in [3.8, 4) is 0 Å². The number of hydrogen-bond donors (Lipinski definition) is 0. The number of Topliss-reactive ketones (excluding diaryl/α,β-unsaturated/α-hetero) is 1. The Morgan fingerprint density at radius 1 is 0.962 bits per heavy atom. The first kappa shape index (κ1) is 18.7.